The van der Waals surface area contributed by atoms with E-state index in [0.29, 0.717) is 16.8 Å². The van der Waals surface area contributed by atoms with Gasteiger partial charge in [0.2, 0.25) is 5.91 Å². The quantitative estimate of drug-likeness (QED) is 0.631. The van der Waals surface area contributed by atoms with Gasteiger partial charge in [-0.3, -0.25) is 4.79 Å². The number of hydrogen-bond donors (Lipinski definition) is 3. The Balaban J connectivity index is 3.30. The number of phenols is 1. The number of benzene rings is 1. The van der Waals surface area contributed by atoms with E-state index in [9.17, 15) is 9.90 Å². The second kappa shape index (κ2) is 3.35. The smallest absolute Gasteiger partial charge is 0.248 e. The third kappa shape index (κ3) is 1.72. The molecule has 0 aliphatic carbocycles. The number of aromatic hydroxyl groups is 1. The molecule has 1 aromatic carbocycles. The van der Waals surface area contributed by atoms with Crippen molar-refractivity contribution in [3.05, 3.63) is 23.3 Å². The van der Waals surface area contributed by atoms with Gasteiger partial charge in [0.05, 0.1) is 0 Å². The number of carbonyl (C=O) groups is 1. The average molecular weight is 180 g/mol. The lowest BCUT2D eigenvalue weighted by molar-refractivity contribution is 0.1000. The number of phenolic OH excluding ortho intramolecular Hbond substituents is 1. The lowest BCUT2D eigenvalue weighted by atomic mass is 10.1. The Kier molecular flexibility index (Phi) is 2.41. The van der Waals surface area contributed by atoms with Gasteiger partial charge in [-0.05, 0) is 19.1 Å². The average Bonchev–Trinajstić information content (AvgIpc) is 2.09. The van der Waals surface area contributed by atoms with Crippen LogP contribution < -0.4 is 11.1 Å². The Morgan fingerprint density at radius 2 is 2.15 bits per heavy atom. The molecule has 0 radical (unpaired) electrons. The molecule has 1 aromatic rings. The fourth-order valence-electron chi connectivity index (χ4n) is 1.10. The SMILES string of the molecule is CNc1cc(C(N)=O)cc(O)c1C. The van der Waals surface area contributed by atoms with Gasteiger partial charge in [0.1, 0.15) is 5.75 Å². The number of primary amides is 1. The van der Waals surface area contributed by atoms with Gasteiger partial charge in [-0.25, -0.2) is 0 Å². The van der Waals surface area contributed by atoms with E-state index < -0.39 is 5.91 Å². The molecule has 0 saturated carbocycles. The summed E-state index contributed by atoms with van der Waals surface area (Å²) in [7, 11) is 1.71. The zero-order chi connectivity index (χ0) is 10.0. The highest BCUT2D eigenvalue weighted by molar-refractivity contribution is 5.94. The van der Waals surface area contributed by atoms with Crippen LogP contribution in [0.1, 0.15) is 15.9 Å². The summed E-state index contributed by atoms with van der Waals surface area (Å²) >= 11 is 0. The predicted octanol–water partition coefficient (Wildman–Crippen LogP) is 0.841. The van der Waals surface area contributed by atoms with Gasteiger partial charge >= 0.3 is 0 Å². The number of nitrogens with two attached hydrogens (primary N) is 1. The van der Waals surface area contributed by atoms with Crippen molar-refractivity contribution in [2.75, 3.05) is 12.4 Å². The van der Waals surface area contributed by atoms with Crippen molar-refractivity contribution in [2.24, 2.45) is 5.73 Å². The molecule has 13 heavy (non-hydrogen) atoms. The van der Waals surface area contributed by atoms with Gasteiger partial charge in [-0.2, -0.15) is 0 Å². The summed E-state index contributed by atoms with van der Waals surface area (Å²) in [4.78, 5) is 10.8. The van der Waals surface area contributed by atoms with Crippen LogP contribution in [-0.4, -0.2) is 18.1 Å². The van der Waals surface area contributed by atoms with E-state index in [1.807, 2.05) is 0 Å². The molecule has 0 atom stereocenters. The molecule has 0 fully saturated rings. The van der Waals surface area contributed by atoms with Crippen molar-refractivity contribution in [1.29, 1.82) is 0 Å². The summed E-state index contributed by atoms with van der Waals surface area (Å²) in [6.45, 7) is 1.76. The van der Waals surface area contributed by atoms with Gasteiger partial charge in [0.15, 0.2) is 0 Å². The van der Waals surface area contributed by atoms with Crippen molar-refractivity contribution in [3.8, 4) is 5.75 Å². The third-order valence-corrected chi connectivity index (χ3v) is 1.93. The van der Waals surface area contributed by atoms with Crippen LogP contribution in [0.2, 0.25) is 0 Å². The highest BCUT2D eigenvalue weighted by Crippen LogP contribution is 2.25. The molecule has 0 bridgehead atoms. The topological polar surface area (TPSA) is 75.3 Å². The van der Waals surface area contributed by atoms with Crippen LogP contribution in [0.15, 0.2) is 12.1 Å². The van der Waals surface area contributed by atoms with Crippen molar-refractivity contribution >= 4 is 11.6 Å². The van der Waals surface area contributed by atoms with Crippen molar-refractivity contribution in [1.82, 2.24) is 0 Å². The first-order valence-electron chi connectivity index (χ1n) is 3.87. The first-order valence-corrected chi connectivity index (χ1v) is 3.87. The van der Waals surface area contributed by atoms with E-state index in [0.717, 1.165) is 0 Å². The lowest BCUT2D eigenvalue weighted by Crippen LogP contribution is -2.11. The maximum absolute atomic E-state index is 10.8. The van der Waals surface area contributed by atoms with E-state index in [1.54, 1.807) is 20.0 Å². The molecule has 0 heterocycles. The number of nitrogens with one attached hydrogen (secondary N) is 1. The van der Waals surface area contributed by atoms with Gasteiger partial charge in [-0.1, -0.05) is 0 Å². The minimum absolute atomic E-state index is 0.0700. The van der Waals surface area contributed by atoms with Crippen LogP contribution in [0.3, 0.4) is 0 Å². The molecule has 70 valence electrons. The van der Waals surface area contributed by atoms with Gasteiger partial charge < -0.3 is 16.2 Å². The number of anilines is 1. The number of hydrogen-bond acceptors (Lipinski definition) is 3. The molecule has 0 saturated heterocycles. The molecule has 0 spiro atoms. The Labute approximate surface area is 76.4 Å². The van der Waals surface area contributed by atoms with E-state index in [4.69, 9.17) is 5.73 Å². The molecule has 0 aliphatic heterocycles. The van der Waals surface area contributed by atoms with Crippen LogP contribution in [0.25, 0.3) is 0 Å². The molecule has 0 aromatic heterocycles. The van der Waals surface area contributed by atoms with Crippen LogP contribution in [0.5, 0.6) is 5.75 Å². The molecule has 1 amide bonds. The molecule has 4 nitrogen and oxygen atoms in total. The van der Waals surface area contributed by atoms with Crippen LogP contribution >= 0.6 is 0 Å². The van der Waals surface area contributed by atoms with Crippen molar-refractivity contribution < 1.29 is 9.90 Å². The van der Waals surface area contributed by atoms with E-state index in [2.05, 4.69) is 5.32 Å². The molecule has 4 heteroatoms. The van der Waals surface area contributed by atoms with E-state index in [1.165, 1.54) is 6.07 Å². The minimum atomic E-state index is -0.549. The molecule has 1 rings (SSSR count). The van der Waals surface area contributed by atoms with Gasteiger partial charge in [0, 0.05) is 23.9 Å². The van der Waals surface area contributed by atoms with E-state index in [-0.39, 0.29) is 5.75 Å². The van der Waals surface area contributed by atoms with Crippen molar-refractivity contribution in [2.45, 2.75) is 6.92 Å². The van der Waals surface area contributed by atoms with Crippen LogP contribution in [0.4, 0.5) is 5.69 Å². The van der Waals surface area contributed by atoms with Crippen LogP contribution in [-0.2, 0) is 0 Å². The minimum Gasteiger partial charge on any atom is -0.508 e. The lowest BCUT2D eigenvalue weighted by Gasteiger charge is -2.08. The fraction of sp³-hybridized carbons (Fsp3) is 0.222. The maximum atomic E-state index is 10.8. The Morgan fingerprint density at radius 1 is 1.54 bits per heavy atom. The maximum Gasteiger partial charge on any atom is 0.248 e. The van der Waals surface area contributed by atoms with Crippen molar-refractivity contribution in [3.63, 3.8) is 0 Å². The summed E-state index contributed by atoms with van der Waals surface area (Å²) in [6, 6.07) is 2.97. The summed E-state index contributed by atoms with van der Waals surface area (Å²) in [5.74, 6) is -0.479. The normalized spacial score (nSPS) is 9.69. The monoisotopic (exact) mass is 180 g/mol. The Morgan fingerprint density at radius 3 is 2.62 bits per heavy atom. The summed E-state index contributed by atoms with van der Waals surface area (Å²) in [5.41, 5.74) is 6.78. The first kappa shape index (κ1) is 9.38. The molecular weight excluding hydrogens is 168 g/mol. The van der Waals surface area contributed by atoms with E-state index >= 15 is 0 Å². The second-order valence-corrected chi connectivity index (χ2v) is 2.78. The highest BCUT2D eigenvalue weighted by Gasteiger charge is 2.08. The van der Waals surface area contributed by atoms with Crippen LogP contribution in [0, 0.1) is 6.92 Å². The molecule has 0 unspecified atom stereocenters. The van der Waals surface area contributed by atoms with Gasteiger partial charge in [-0.15, -0.1) is 0 Å². The standard InChI is InChI=1S/C9H12N2O2/c1-5-7(11-2)3-6(9(10)13)4-8(5)12/h3-4,11-12H,1-2H3,(H2,10,13). The highest BCUT2D eigenvalue weighted by atomic mass is 16.3. The Hall–Kier alpha value is -1.71. The fourth-order valence-corrected chi connectivity index (χ4v) is 1.10. The van der Waals surface area contributed by atoms with Gasteiger partial charge in [0.25, 0.3) is 0 Å². The number of carbonyl (C=O) groups excluding carboxylic acids is 1. The summed E-state index contributed by atoms with van der Waals surface area (Å²) < 4.78 is 0. The molecule has 4 N–H and O–H groups in total. The zero-order valence-corrected chi connectivity index (χ0v) is 7.59. The molecule has 0 aliphatic rings. The molecular formula is C9H12N2O2. The predicted molar refractivity (Wildman–Crippen MR) is 50.9 cm³/mol. The third-order valence-electron chi connectivity index (χ3n) is 1.93. The Bertz CT molecular complexity index is 348. The summed E-state index contributed by atoms with van der Waals surface area (Å²) in [6.07, 6.45) is 0. The largest absolute Gasteiger partial charge is 0.508 e. The number of rotatable bonds is 2. The first-order chi connectivity index (χ1) is 6.06. The zero-order valence-electron chi connectivity index (χ0n) is 7.59. The number of amides is 1. The summed E-state index contributed by atoms with van der Waals surface area (Å²) in [5, 5.41) is 12.3. The second-order valence-electron chi connectivity index (χ2n) is 2.78.